The van der Waals surface area contributed by atoms with Gasteiger partial charge in [0, 0.05) is 31.0 Å². The fraction of sp³-hybridized carbons (Fsp3) is 0.222. The quantitative estimate of drug-likeness (QED) is 0.766. The van der Waals surface area contributed by atoms with Crippen LogP contribution in [0.2, 0.25) is 0 Å². The van der Waals surface area contributed by atoms with E-state index in [1.807, 2.05) is 0 Å². The van der Waals surface area contributed by atoms with Crippen LogP contribution in [0.3, 0.4) is 0 Å². The molecule has 0 saturated heterocycles. The van der Waals surface area contributed by atoms with Gasteiger partial charge in [-0.3, -0.25) is 9.59 Å². The standard InChI is InChI=1S/C18H20N2O4/c1-13(21)19-15-5-3-14(4-6-15)18(22)20-16-7-9-17(10-8-16)24-12-11-23-2/h3-10H,11-12H2,1-2H3,(H,19,21)(H,20,22). The number of benzene rings is 2. The Balaban J connectivity index is 1.92. The van der Waals surface area contributed by atoms with Crippen LogP contribution in [-0.2, 0) is 9.53 Å². The second kappa shape index (κ2) is 8.69. The molecule has 0 aliphatic carbocycles. The highest BCUT2D eigenvalue weighted by Crippen LogP contribution is 2.17. The SMILES string of the molecule is COCCOc1ccc(NC(=O)c2ccc(NC(C)=O)cc2)cc1. The van der Waals surface area contributed by atoms with Crippen molar-refractivity contribution in [2.24, 2.45) is 0 Å². The highest BCUT2D eigenvalue weighted by molar-refractivity contribution is 6.04. The van der Waals surface area contributed by atoms with Gasteiger partial charge in [-0.15, -0.1) is 0 Å². The molecule has 2 aromatic rings. The first-order chi connectivity index (χ1) is 11.6. The van der Waals surface area contributed by atoms with Gasteiger partial charge in [-0.25, -0.2) is 0 Å². The van der Waals surface area contributed by atoms with E-state index < -0.39 is 0 Å². The Hall–Kier alpha value is -2.86. The molecular formula is C18H20N2O4. The zero-order valence-corrected chi connectivity index (χ0v) is 13.7. The Labute approximate surface area is 140 Å². The first-order valence-corrected chi connectivity index (χ1v) is 7.49. The molecule has 24 heavy (non-hydrogen) atoms. The molecule has 0 unspecified atom stereocenters. The number of methoxy groups -OCH3 is 1. The third kappa shape index (κ3) is 5.40. The van der Waals surface area contributed by atoms with Crippen molar-refractivity contribution in [3.05, 3.63) is 54.1 Å². The van der Waals surface area contributed by atoms with E-state index in [9.17, 15) is 9.59 Å². The summed E-state index contributed by atoms with van der Waals surface area (Å²) < 4.78 is 10.4. The molecule has 2 aromatic carbocycles. The number of rotatable bonds is 7. The maximum Gasteiger partial charge on any atom is 0.255 e. The first kappa shape index (κ1) is 17.5. The summed E-state index contributed by atoms with van der Waals surface area (Å²) >= 11 is 0. The predicted octanol–water partition coefficient (Wildman–Crippen LogP) is 2.92. The van der Waals surface area contributed by atoms with Crippen LogP contribution in [0, 0.1) is 0 Å². The third-order valence-electron chi connectivity index (χ3n) is 3.14. The van der Waals surface area contributed by atoms with Crippen LogP contribution in [0.15, 0.2) is 48.5 Å². The Bertz CT molecular complexity index is 681. The second-order valence-electron chi connectivity index (χ2n) is 5.08. The smallest absolute Gasteiger partial charge is 0.255 e. The third-order valence-corrected chi connectivity index (χ3v) is 3.14. The van der Waals surface area contributed by atoms with Crippen molar-refractivity contribution in [3.63, 3.8) is 0 Å². The van der Waals surface area contributed by atoms with Crippen molar-refractivity contribution in [2.75, 3.05) is 31.0 Å². The van der Waals surface area contributed by atoms with Crippen molar-refractivity contribution >= 4 is 23.2 Å². The van der Waals surface area contributed by atoms with Crippen molar-refractivity contribution in [2.45, 2.75) is 6.92 Å². The molecule has 0 aliphatic heterocycles. The van der Waals surface area contributed by atoms with Crippen molar-refractivity contribution in [1.82, 2.24) is 0 Å². The Morgan fingerprint density at radius 3 is 2.04 bits per heavy atom. The van der Waals surface area contributed by atoms with Gasteiger partial charge >= 0.3 is 0 Å². The molecule has 0 radical (unpaired) electrons. The molecular weight excluding hydrogens is 308 g/mol. The normalized spacial score (nSPS) is 10.1. The van der Waals surface area contributed by atoms with Crippen LogP contribution in [-0.4, -0.2) is 32.1 Å². The molecule has 126 valence electrons. The number of carbonyl (C=O) groups excluding carboxylic acids is 2. The van der Waals surface area contributed by atoms with Crippen molar-refractivity contribution < 1.29 is 19.1 Å². The number of carbonyl (C=O) groups is 2. The van der Waals surface area contributed by atoms with Gasteiger partial charge < -0.3 is 20.1 Å². The molecule has 0 heterocycles. The van der Waals surface area contributed by atoms with E-state index >= 15 is 0 Å². The van der Waals surface area contributed by atoms with Crippen LogP contribution in [0.5, 0.6) is 5.75 Å². The van der Waals surface area contributed by atoms with Crippen LogP contribution >= 0.6 is 0 Å². The van der Waals surface area contributed by atoms with Gasteiger partial charge in [0.05, 0.1) is 6.61 Å². The number of anilines is 2. The first-order valence-electron chi connectivity index (χ1n) is 7.49. The average Bonchev–Trinajstić information content (AvgIpc) is 2.57. The molecule has 0 spiro atoms. The maximum atomic E-state index is 12.2. The second-order valence-corrected chi connectivity index (χ2v) is 5.08. The predicted molar refractivity (Wildman–Crippen MR) is 92.5 cm³/mol. The lowest BCUT2D eigenvalue weighted by Crippen LogP contribution is -2.12. The lowest BCUT2D eigenvalue weighted by Gasteiger charge is -2.08. The maximum absolute atomic E-state index is 12.2. The monoisotopic (exact) mass is 328 g/mol. The summed E-state index contributed by atoms with van der Waals surface area (Å²) in [6.45, 7) is 2.43. The molecule has 0 saturated carbocycles. The molecule has 6 heteroatoms. The Morgan fingerprint density at radius 2 is 1.46 bits per heavy atom. The molecule has 2 N–H and O–H groups in total. The minimum atomic E-state index is -0.225. The van der Waals surface area contributed by atoms with Crippen molar-refractivity contribution in [3.8, 4) is 5.75 Å². The number of amides is 2. The van der Waals surface area contributed by atoms with E-state index in [0.717, 1.165) is 0 Å². The molecule has 0 bridgehead atoms. The van der Waals surface area contributed by atoms with E-state index in [1.54, 1.807) is 55.6 Å². The Morgan fingerprint density at radius 1 is 0.875 bits per heavy atom. The largest absolute Gasteiger partial charge is 0.491 e. The average molecular weight is 328 g/mol. The van der Waals surface area contributed by atoms with Crippen LogP contribution in [0.1, 0.15) is 17.3 Å². The number of hydrogen-bond acceptors (Lipinski definition) is 4. The van der Waals surface area contributed by atoms with E-state index in [1.165, 1.54) is 6.92 Å². The number of nitrogens with one attached hydrogen (secondary N) is 2. The summed E-state index contributed by atoms with van der Waals surface area (Å²) in [6.07, 6.45) is 0. The highest BCUT2D eigenvalue weighted by Gasteiger charge is 2.06. The highest BCUT2D eigenvalue weighted by atomic mass is 16.5. The van der Waals surface area contributed by atoms with Crippen LogP contribution in [0.4, 0.5) is 11.4 Å². The van der Waals surface area contributed by atoms with Gasteiger partial charge in [-0.1, -0.05) is 0 Å². The van der Waals surface area contributed by atoms with Gasteiger partial charge in [-0.05, 0) is 48.5 Å². The summed E-state index contributed by atoms with van der Waals surface area (Å²) in [5.41, 5.74) is 1.83. The van der Waals surface area contributed by atoms with E-state index in [-0.39, 0.29) is 11.8 Å². The molecule has 0 fully saturated rings. The topological polar surface area (TPSA) is 76.7 Å². The van der Waals surface area contributed by atoms with Gasteiger partial charge in [0.2, 0.25) is 5.91 Å². The fourth-order valence-electron chi connectivity index (χ4n) is 1.99. The minimum Gasteiger partial charge on any atom is -0.491 e. The lowest BCUT2D eigenvalue weighted by atomic mass is 10.2. The zero-order valence-electron chi connectivity index (χ0n) is 13.7. The summed E-state index contributed by atoms with van der Waals surface area (Å²) in [7, 11) is 1.62. The zero-order chi connectivity index (χ0) is 17.4. The van der Waals surface area contributed by atoms with Gasteiger partial charge in [0.1, 0.15) is 12.4 Å². The van der Waals surface area contributed by atoms with Crippen LogP contribution in [0.25, 0.3) is 0 Å². The molecule has 0 aromatic heterocycles. The number of ether oxygens (including phenoxy) is 2. The summed E-state index contributed by atoms with van der Waals surface area (Å²) in [6, 6.07) is 13.8. The Kier molecular flexibility index (Phi) is 6.33. The summed E-state index contributed by atoms with van der Waals surface area (Å²) in [5, 5.41) is 5.46. The lowest BCUT2D eigenvalue weighted by molar-refractivity contribution is -0.114. The van der Waals surface area contributed by atoms with Crippen molar-refractivity contribution in [1.29, 1.82) is 0 Å². The number of hydrogen-bond donors (Lipinski definition) is 2. The van der Waals surface area contributed by atoms with Gasteiger partial charge in [-0.2, -0.15) is 0 Å². The van der Waals surface area contributed by atoms with E-state index in [0.29, 0.717) is 35.9 Å². The molecule has 6 nitrogen and oxygen atoms in total. The summed E-state index contributed by atoms with van der Waals surface area (Å²) in [4.78, 5) is 23.2. The molecule has 0 atom stereocenters. The van der Waals surface area contributed by atoms with Gasteiger partial charge in [0.25, 0.3) is 5.91 Å². The molecule has 2 rings (SSSR count). The minimum absolute atomic E-state index is 0.153. The fourth-order valence-corrected chi connectivity index (χ4v) is 1.99. The van der Waals surface area contributed by atoms with E-state index in [2.05, 4.69) is 10.6 Å². The molecule has 0 aliphatic rings. The van der Waals surface area contributed by atoms with E-state index in [4.69, 9.17) is 9.47 Å². The summed E-state index contributed by atoms with van der Waals surface area (Å²) in [5.74, 6) is 0.335. The van der Waals surface area contributed by atoms with Crippen LogP contribution < -0.4 is 15.4 Å². The molecule has 2 amide bonds. The van der Waals surface area contributed by atoms with Gasteiger partial charge in [0.15, 0.2) is 0 Å².